The molecule has 0 aromatic rings. The Labute approximate surface area is 74.0 Å². The number of hydrogen-bond donors (Lipinski definition) is 1. The van der Waals surface area contributed by atoms with Crippen molar-refractivity contribution in [3.05, 3.63) is 11.6 Å². The molecule has 12 heavy (non-hydrogen) atoms. The molecule has 0 aliphatic heterocycles. The summed E-state index contributed by atoms with van der Waals surface area (Å²) in [4.78, 5) is 0. The third kappa shape index (κ3) is 7.72. The normalized spacial score (nSPS) is 12.1. The Balaban J connectivity index is 3.14. The van der Waals surface area contributed by atoms with Crippen LogP contribution in [0.5, 0.6) is 0 Å². The van der Waals surface area contributed by atoms with Gasteiger partial charge in [0.2, 0.25) is 0 Å². The lowest BCUT2D eigenvalue weighted by Gasteiger charge is -2.02. The van der Waals surface area contributed by atoms with Crippen LogP contribution in [0.3, 0.4) is 0 Å². The molecule has 0 fully saturated rings. The molecule has 0 amide bonds. The highest BCUT2D eigenvalue weighted by Crippen LogP contribution is 2.02. The van der Waals surface area contributed by atoms with E-state index >= 15 is 0 Å². The van der Waals surface area contributed by atoms with Crippen molar-refractivity contribution in [2.24, 2.45) is 0 Å². The van der Waals surface area contributed by atoms with Crippen molar-refractivity contribution >= 4 is 0 Å². The molecule has 72 valence electrons. The van der Waals surface area contributed by atoms with Crippen LogP contribution in [0, 0.1) is 0 Å². The molecule has 0 heterocycles. The molecule has 1 N–H and O–H groups in total. The van der Waals surface area contributed by atoms with Gasteiger partial charge in [-0.3, -0.25) is 0 Å². The Morgan fingerprint density at radius 2 is 2.25 bits per heavy atom. The molecule has 0 atom stereocenters. The second kappa shape index (κ2) is 8.71. The van der Waals surface area contributed by atoms with E-state index in [2.05, 4.69) is 0 Å². The second-order valence-corrected chi connectivity index (χ2v) is 2.65. The van der Waals surface area contributed by atoms with Crippen LogP contribution in [0.25, 0.3) is 0 Å². The molecule has 0 bridgehead atoms. The maximum atomic E-state index is 8.55. The zero-order valence-corrected chi connectivity index (χ0v) is 7.88. The van der Waals surface area contributed by atoms with Gasteiger partial charge in [-0.2, -0.15) is 0 Å². The van der Waals surface area contributed by atoms with Crippen LogP contribution in [0.1, 0.15) is 19.8 Å². The van der Waals surface area contributed by atoms with Gasteiger partial charge in [-0.25, -0.2) is 0 Å². The predicted molar refractivity (Wildman–Crippen MR) is 47.9 cm³/mol. The molecule has 3 nitrogen and oxygen atoms in total. The van der Waals surface area contributed by atoms with Crippen LogP contribution >= 0.6 is 0 Å². The molecular weight excluding hydrogens is 156 g/mol. The second-order valence-electron chi connectivity index (χ2n) is 2.65. The first-order valence-corrected chi connectivity index (χ1v) is 4.14. The first-order valence-electron chi connectivity index (χ1n) is 4.14. The quantitative estimate of drug-likeness (QED) is 0.359. The Morgan fingerprint density at radius 1 is 1.50 bits per heavy atom. The van der Waals surface area contributed by atoms with Gasteiger partial charge in [-0.15, -0.1) is 0 Å². The van der Waals surface area contributed by atoms with E-state index in [9.17, 15) is 0 Å². The lowest BCUT2D eigenvalue weighted by molar-refractivity contribution is -0.0310. The monoisotopic (exact) mass is 174 g/mol. The molecule has 0 aromatic heterocycles. The maximum absolute atomic E-state index is 8.55. The standard InChI is InChI=1S/C9H18O3/c1-9(5-6-10)4-3-7-12-8-11-2/h5,10H,3-4,6-8H2,1-2H3/b9-5+. The van der Waals surface area contributed by atoms with Crippen LogP contribution in [0.15, 0.2) is 11.6 Å². The Kier molecular flexibility index (Phi) is 8.44. The molecule has 0 radical (unpaired) electrons. The fourth-order valence-electron chi connectivity index (χ4n) is 0.853. The van der Waals surface area contributed by atoms with Crippen molar-refractivity contribution in [1.82, 2.24) is 0 Å². The molecule has 0 aromatic carbocycles. The first-order chi connectivity index (χ1) is 5.81. The Hall–Kier alpha value is -0.380. The number of ether oxygens (including phenoxy) is 2. The number of rotatable bonds is 7. The van der Waals surface area contributed by atoms with Crippen LogP contribution in [-0.2, 0) is 9.47 Å². The van der Waals surface area contributed by atoms with Crippen molar-refractivity contribution in [3.63, 3.8) is 0 Å². The Bertz CT molecular complexity index is 121. The van der Waals surface area contributed by atoms with E-state index in [4.69, 9.17) is 14.6 Å². The van der Waals surface area contributed by atoms with Crippen LogP contribution in [-0.4, -0.2) is 32.2 Å². The first kappa shape index (κ1) is 11.6. The molecule has 0 spiro atoms. The third-order valence-corrected chi connectivity index (χ3v) is 1.50. The molecule has 3 heteroatoms. The average molecular weight is 174 g/mol. The van der Waals surface area contributed by atoms with E-state index in [0.717, 1.165) is 12.8 Å². The predicted octanol–water partition coefficient (Wildman–Crippen LogP) is 1.33. The lowest BCUT2D eigenvalue weighted by atomic mass is 10.1. The summed E-state index contributed by atoms with van der Waals surface area (Å²) in [6, 6.07) is 0. The third-order valence-electron chi connectivity index (χ3n) is 1.50. The van der Waals surface area contributed by atoms with E-state index in [1.54, 1.807) is 7.11 Å². The van der Waals surface area contributed by atoms with Gasteiger partial charge in [-0.1, -0.05) is 11.6 Å². The number of methoxy groups -OCH3 is 1. The zero-order chi connectivity index (χ0) is 9.23. The highest BCUT2D eigenvalue weighted by atomic mass is 16.7. The van der Waals surface area contributed by atoms with Gasteiger partial charge in [0.25, 0.3) is 0 Å². The van der Waals surface area contributed by atoms with Gasteiger partial charge in [0.05, 0.1) is 6.61 Å². The van der Waals surface area contributed by atoms with Gasteiger partial charge in [0.1, 0.15) is 6.79 Å². The summed E-state index contributed by atoms with van der Waals surface area (Å²) in [6.07, 6.45) is 3.77. The minimum atomic E-state index is 0.130. The molecular formula is C9H18O3. The highest BCUT2D eigenvalue weighted by molar-refractivity contribution is 4.97. The van der Waals surface area contributed by atoms with E-state index in [1.807, 2.05) is 13.0 Å². The zero-order valence-electron chi connectivity index (χ0n) is 7.88. The lowest BCUT2D eigenvalue weighted by Crippen LogP contribution is -1.98. The van der Waals surface area contributed by atoms with Crippen LogP contribution < -0.4 is 0 Å². The number of hydrogen-bond acceptors (Lipinski definition) is 3. The minimum absolute atomic E-state index is 0.130. The summed E-state index contributed by atoms with van der Waals surface area (Å²) in [7, 11) is 1.61. The summed E-state index contributed by atoms with van der Waals surface area (Å²) in [5.41, 5.74) is 1.21. The summed E-state index contributed by atoms with van der Waals surface area (Å²) in [5.74, 6) is 0. The summed E-state index contributed by atoms with van der Waals surface area (Å²) in [6.45, 7) is 3.21. The molecule has 0 saturated heterocycles. The molecule has 0 unspecified atom stereocenters. The molecule has 0 rings (SSSR count). The van der Waals surface area contributed by atoms with Gasteiger partial charge in [0.15, 0.2) is 0 Å². The molecule has 0 saturated carbocycles. The topological polar surface area (TPSA) is 38.7 Å². The SMILES string of the molecule is COCOCCC/C(C)=C/CO. The van der Waals surface area contributed by atoms with Crippen molar-refractivity contribution in [1.29, 1.82) is 0 Å². The van der Waals surface area contributed by atoms with E-state index in [1.165, 1.54) is 5.57 Å². The fraction of sp³-hybridized carbons (Fsp3) is 0.778. The van der Waals surface area contributed by atoms with Crippen molar-refractivity contribution in [3.8, 4) is 0 Å². The van der Waals surface area contributed by atoms with Gasteiger partial charge in [0, 0.05) is 13.7 Å². The maximum Gasteiger partial charge on any atom is 0.146 e. The highest BCUT2D eigenvalue weighted by Gasteiger charge is 1.90. The van der Waals surface area contributed by atoms with Crippen molar-refractivity contribution in [2.45, 2.75) is 19.8 Å². The fourth-order valence-corrected chi connectivity index (χ4v) is 0.853. The molecule has 0 aliphatic rings. The summed E-state index contributed by atoms with van der Waals surface area (Å²) >= 11 is 0. The van der Waals surface area contributed by atoms with Gasteiger partial charge in [-0.05, 0) is 19.8 Å². The van der Waals surface area contributed by atoms with E-state index < -0.39 is 0 Å². The number of allylic oxidation sites excluding steroid dienone is 1. The summed E-state index contributed by atoms with van der Waals surface area (Å²) < 4.78 is 9.82. The van der Waals surface area contributed by atoms with Crippen LogP contribution in [0.4, 0.5) is 0 Å². The van der Waals surface area contributed by atoms with Gasteiger partial charge >= 0.3 is 0 Å². The number of aliphatic hydroxyl groups excluding tert-OH is 1. The van der Waals surface area contributed by atoms with Crippen LogP contribution in [0.2, 0.25) is 0 Å². The molecule has 0 aliphatic carbocycles. The average Bonchev–Trinajstić information content (AvgIpc) is 2.05. The van der Waals surface area contributed by atoms with E-state index in [0.29, 0.717) is 13.4 Å². The largest absolute Gasteiger partial charge is 0.392 e. The van der Waals surface area contributed by atoms with E-state index in [-0.39, 0.29) is 6.61 Å². The van der Waals surface area contributed by atoms with Gasteiger partial charge < -0.3 is 14.6 Å². The minimum Gasteiger partial charge on any atom is -0.392 e. The summed E-state index contributed by atoms with van der Waals surface area (Å²) in [5, 5.41) is 8.55. The van der Waals surface area contributed by atoms with Crippen molar-refractivity contribution in [2.75, 3.05) is 27.1 Å². The number of aliphatic hydroxyl groups is 1. The smallest absolute Gasteiger partial charge is 0.146 e. The Morgan fingerprint density at radius 3 is 2.83 bits per heavy atom. The van der Waals surface area contributed by atoms with Crippen molar-refractivity contribution < 1.29 is 14.6 Å².